The van der Waals surface area contributed by atoms with Crippen molar-refractivity contribution in [3.8, 4) is 0 Å². The van der Waals surface area contributed by atoms with Gasteiger partial charge in [0.2, 0.25) is 5.91 Å². The highest BCUT2D eigenvalue weighted by molar-refractivity contribution is 5.84. The molecular formula is C8H18N2O2. The maximum Gasteiger partial charge on any atom is 0.241 e. The van der Waals surface area contributed by atoms with Gasteiger partial charge in [-0.25, -0.2) is 0 Å². The number of aliphatic hydroxyl groups is 1. The van der Waals surface area contributed by atoms with E-state index in [0.717, 1.165) is 0 Å². The summed E-state index contributed by atoms with van der Waals surface area (Å²) in [5.41, 5.74) is 4.73. The summed E-state index contributed by atoms with van der Waals surface area (Å²) in [7, 11) is 1.63. The van der Waals surface area contributed by atoms with Crippen LogP contribution in [0.2, 0.25) is 0 Å². The van der Waals surface area contributed by atoms with Crippen LogP contribution in [0.3, 0.4) is 0 Å². The van der Waals surface area contributed by atoms with Gasteiger partial charge in [-0.3, -0.25) is 4.79 Å². The molecule has 0 spiro atoms. The molecule has 4 nitrogen and oxygen atoms in total. The lowest BCUT2D eigenvalue weighted by Gasteiger charge is -2.26. The third-order valence-electron chi connectivity index (χ3n) is 1.44. The summed E-state index contributed by atoms with van der Waals surface area (Å²) in [4.78, 5) is 12.8. The minimum Gasteiger partial charge on any atom is -0.392 e. The molecule has 0 aromatic rings. The fraction of sp³-hybridized carbons (Fsp3) is 0.875. The third kappa shape index (κ3) is 3.69. The average Bonchev–Trinajstić information content (AvgIpc) is 1.82. The van der Waals surface area contributed by atoms with Crippen LogP contribution in [0.15, 0.2) is 0 Å². The second kappa shape index (κ2) is 3.87. The summed E-state index contributed by atoms with van der Waals surface area (Å²) >= 11 is 0. The van der Waals surface area contributed by atoms with Gasteiger partial charge in [-0.2, -0.15) is 0 Å². The topological polar surface area (TPSA) is 66.6 Å². The molecule has 0 radical (unpaired) electrons. The van der Waals surface area contributed by atoms with E-state index in [1.807, 2.05) is 0 Å². The SMILES string of the molecule is CC(O)CN(C)C(=O)C(C)(C)N. The lowest BCUT2D eigenvalue weighted by Crippen LogP contribution is -2.51. The Labute approximate surface area is 73.3 Å². The number of likely N-dealkylation sites (N-methyl/N-ethyl adjacent to an activating group) is 1. The van der Waals surface area contributed by atoms with Crippen molar-refractivity contribution < 1.29 is 9.90 Å². The lowest BCUT2D eigenvalue weighted by atomic mass is 10.1. The molecule has 3 N–H and O–H groups in total. The number of hydrogen-bond acceptors (Lipinski definition) is 3. The molecule has 0 aliphatic rings. The van der Waals surface area contributed by atoms with Gasteiger partial charge in [0.15, 0.2) is 0 Å². The highest BCUT2D eigenvalue weighted by Gasteiger charge is 2.25. The second-order valence-electron chi connectivity index (χ2n) is 3.76. The summed E-state index contributed by atoms with van der Waals surface area (Å²) < 4.78 is 0. The van der Waals surface area contributed by atoms with Crippen molar-refractivity contribution in [2.75, 3.05) is 13.6 Å². The zero-order valence-corrected chi connectivity index (χ0v) is 8.16. The van der Waals surface area contributed by atoms with E-state index in [2.05, 4.69) is 0 Å². The molecule has 0 saturated carbocycles. The van der Waals surface area contributed by atoms with Gasteiger partial charge in [-0.05, 0) is 20.8 Å². The normalized spacial score (nSPS) is 14.2. The van der Waals surface area contributed by atoms with Crippen molar-refractivity contribution in [3.05, 3.63) is 0 Å². The summed E-state index contributed by atoms with van der Waals surface area (Å²) in [5.74, 6) is -0.164. The van der Waals surface area contributed by atoms with Gasteiger partial charge in [-0.15, -0.1) is 0 Å². The Morgan fingerprint density at radius 3 is 2.33 bits per heavy atom. The van der Waals surface area contributed by atoms with E-state index in [0.29, 0.717) is 6.54 Å². The van der Waals surface area contributed by atoms with E-state index >= 15 is 0 Å². The van der Waals surface area contributed by atoms with Crippen LogP contribution in [-0.2, 0) is 4.79 Å². The van der Waals surface area contributed by atoms with Gasteiger partial charge in [0.25, 0.3) is 0 Å². The number of amides is 1. The Morgan fingerprint density at radius 2 is 2.08 bits per heavy atom. The molecule has 1 amide bonds. The van der Waals surface area contributed by atoms with Crippen molar-refractivity contribution in [3.63, 3.8) is 0 Å². The summed E-state index contributed by atoms with van der Waals surface area (Å²) in [6.45, 7) is 5.24. The zero-order chi connectivity index (χ0) is 9.94. The molecule has 0 saturated heterocycles. The molecule has 1 atom stereocenters. The maximum absolute atomic E-state index is 11.4. The van der Waals surface area contributed by atoms with Crippen LogP contribution >= 0.6 is 0 Å². The van der Waals surface area contributed by atoms with Crippen molar-refractivity contribution in [2.45, 2.75) is 32.4 Å². The number of rotatable bonds is 3. The van der Waals surface area contributed by atoms with Gasteiger partial charge in [-0.1, -0.05) is 0 Å². The molecule has 0 heterocycles. The largest absolute Gasteiger partial charge is 0.392 e. The number of nitrogens with two attached hydrogens (primary N) is 1. The summed E-state index contributed by atoms with van der Waals surface area (Å²) in [6.07, 6.45) is -0.513. The molecule has 0 rings (SSSR count). The molecule has 4 heteroatoms. The van der Waals surface area contributed by atoms with E-state index in [4.69, 9.17) is 10.8 Å². The molecule has 0 aliphatic carbocycles. The Morgan fingerprint density at radius 1 is 1.67 bits per heavy atom. The van der Waals surface area contributed by atoms with E-state index < -0.39 is 11.6 Å². The highest BCUT2D eigenvalue weighted by Crippen LogP contribution is 2.02. The number of hydrogen-bond donors (Lipinski definition) is 2. The highest BCUT2D eigenvalue weighted by atomic mass is 16.3. The Hall–Kier alpha value is -0.610. The smallest absolute Gasteiger partial charge is 0.241 e. The fourth-order valence-electron chi connectivity index (χ4n) is 0.971. The van der Waals surface area contributed by atoms with Crippen molar-refractivity contribution in [1.29, 1.82) is 0 Å². The van der Waals surface area contributed by atoms with Crippen molar-refractivity contribution in [2.24, 2.45) is 5.73 Å². The van der Waals surface area contributed by atoms with Crippen molar-refractivity contribution in [1.82, 2.24) is 4.90 Å². The molecule has 0 aromatic heterocycles. The maximum atomic E-state index is 11.4. The molecule has 0 bridgehead atoms. The van der Waals surface area contributed by atoms with Crippen LogP contribution in [0.5, 0.6) is 0 Å². The Bertz CT molecular complexity index is 161. The van der Waals surface area contributed by atoms with Crippen LogP contribution < -0.4 is 5.73 Å². The van der Waals surface area contributed by atoms with Gasteiger partial charge in [0.05, 0.1) is 11.6 Å². The molecule has 1 unspecified atom stereocenters. The first kappa shape index (κ1) is 11.4. The van der Waals surface area contributed by atoms with E-state index in [9.17, 15) is 4.79 Å². The van der Waals surface area contributed by atoms with Crippen LogP contribution in [0.1, 0.15) is 20.8 Å². The molecule has 0 aromatic carbocycles. The summed E-state index contributed by atoms with van der Waals surface area (Å²) in [6, 6.07) is 0. The predicted molar refractivity (Wildman–Crippen MR) is 47.6 cm³/mol. The van der Waals surface area contributed by atoms with E-state index in [1.165, 1.54) is 4.90 Å². The molecular weight excluding hydrogens is 156 g/mol. The second-order valence-corrected chi connectivity index (χ2v) is 3.76. The molecule has 0 fully saturated rings. The first-order valence-electron chi connectivity index (χ1n) is 3.97. The molecule has 72 valence electrons. The zero-order valence-electron chi connectivity index (χ0n) is 8.16. The predicted octanol–water partition coefficient (Wildman–Crippen LogP) is -0.437. The van der Waals surface area contributed by atoms with Crippen molar-refractivity contribution >= 4 is 5.91 Å². The number of nitrogens with zero attached hydrogens (tertiary/aromatic N) is 1. The van der Waals surface area contributed by atoms with Gasteiger partial charge in [0.1, 0.15) is 0 Å². The molecule has 0 aliphatic heterocycles. The fourth-order valence-corrected chi connectivity index (χ4v) is 0.971. The molecule has 12 heavy (non-hydrogen) atoms. The minimum atomic E-state index is -0.857. The Balaban J connectivity index is 4.12. The van der Waals surface area contributed by atoms with Crippen LogP contribution in [0.4, 0.5) is 0 Å². The standard InChI is InChI=1S/C8H18N2O2/c1-6(11)5-10(4)7(12)8(2,3)9/h6,11H,5,9H2,1-4H3. The quantitative estimate of drug-likeness (QED) is 0.609. The first-order valence-corrected chi connectivity index (χ1v) is 3.97. The monoisotopic (exact) mass is 174 g/mol. The number of carbonyl (C=O) groups is 1. The lowest BCUT2D eigenvalue weighted by molar-refractivity contribution is -0.135. The van der Waals surface area contributed by atoms with E-state index in [1.54, 1.807) is 27.8 Å². The third-order valence-corrected chi connectivity index (χ3v) is 1.44. The minimum absolute atomic E-state index is 0.164. The first-order chi connectivity index (χ1) is 5.25. The van der Waals surface area contributed by atoms with E-state index in [-0.39, 0.29) is 5.91 Å². The van der Waals surface area contributed by atoms with Gasteiger partial charge < -0.3 is 15.7 Å². The van der Waals surface area contributed by atoms with Gasteiger partial charge >= 0.3 is 0 Å². The van der Waals surface area contributed by atoms with Gasteiger partial charge in [0, 0.05) is 13.6 Å². The van der Waals surface area contributed by atoms with Crippen LogP contribution in [0, 0.1) is 0 Å². The number of aliphatic hydroxyl groups excluding tert-OH is 1. The van der Waals surface area contributed by atoms with Crippen LogP contribution in [-0.4, -0.2) is 41.1 Å². The average molecular weight is 174 g/mol. The number of carbonyl (C=O) groups excluding carboxylic acids is 1. The summed E-state index contributed by atoms with van der Waals surface area (Å²) in [5, 5.41) is 9.00. The Kier molecular flexibility index (Phi) is 3.67. The van der Waals surface area contributed by atoms with Crippen LogP contribution in [0.25, 0.3) is 0 Å².